The third-order valence-electron chi connectivity index (χ3n) is 4.67. The standard InChI is InChI=1S/C18H21F3N4O2/c19-18(20,21)27-15-5-2-1-4-14(15)6-10-23-16(26)17(7-11-22-12-8-17)25-13-3-9-24-25/h1-5,9,13,22H,6-8,10-12H2,(H,23,26). The molecule has 2 heterocycles. The molecule has 1 fully saturated rings. The van der Waals surface area contributed by atoms with Gasteiger partial charge in [-0.25, -0.2) is 0 Å². The van der Waals surface area contributed by atoms with E-state index in [2.05, 4.69) is 20.5 Å². The van der Waals surface area contributed by atoms with E-state index in [9.17, 15) is 18.0 Å². The van der Waals surface area contributed by atoms with Crippen LogP contribution < -0.4 is 15.4 Å². The maximum atomic E-state index is 12.9. The molecule has 0 unspecified atom stereocenters. The van der Waals surface area contributed by atoms with Crippen LogP contribution in [-0.4, -0.2) is 41.7 Å². The van der Waals surface area contributed by atoms with E-state index in [1.165, 1.54) is 12.1 Å². The van der Waals surface area contributed by atoms with E-state index in [1.54, 1.807) is 35.3 Å². The Hall–Kier alpha value is -2.55. The van der Waals surface area contributed by atoms with Gasteiger partial charge in [-0.2, -0.15) is 5.10 Å². The minimum Gasteiger partial charge on any atom is -0.406 e. The highest BCUT2D eigenvalue weighted by atomic mass is 19.4. The number of carbonyl (C=O) groups excluding carboxylic acids is 1. The first kappa shape index (κ1) is 19.2. The van der Waals surface area contributed by atoms with E-state index in [4.69, 9.17) is 0 Å². The van der Waals surface area contributed by atoms with E-state index in [1.807, 2.05) is 0 Å². The number of nitrogens with one attached hydrogen (secondary N) is 2. The van der Waals surface area contributed by atoms with E-state index in [0.29, 0.717) is 31.5 Å². The molecule has 6 nitrogen and oxygen atoms in total. The number of benzene rings is 1. The highest BCUT2D eigenvalue weighted by Gasteiger charge is 2.41. The van der Waals surface area contributed by atoms with Crippen molar-refractivity contribution in [2.24, 2.45) is 0 Å². The van der Waals surface area contributed by atoms with Crippen LogP contribution in [0.5, 0.6) is 5.75 Å². The summed E-state index contributed by atoms with van der Waals surface area (Å²) in [4.78, 5) is 12.9. The van der Waals surface area contributed by atoms with E-state index < -0.39 is 11.9 Å². The molecule has 27 heavy (non-hydrogen) atoms. The van der Waals surface area contributed by atoms with Crippen LogP contribution in [0, 0.1) is 0 Å². The number of amides is 1. The normalized spacial score (nSPS) is 16.7. The van der Waals surface area contributed by atoms with Crippen LogP contribution in [0.25, 0.3) is 0 Å². The lowest BCUT2D eigenvalue weighted by Crippen LogP contribution is -2.54. The molecule has 0 bridgehead atoms. The minimum atomic E-state index is -4.75. The first-order chi connectivity index (χ1) is 12.9. The zero-order valence-corrected chi connectivity index (χ0v) is 14.6. The van der Waals surface area contributed by atoms with Gasteiger partial charge in [0.15, 0.2) is 0 Å². The van der Waals surface area contributed by atoms with Crippen molar-refractivity contribution in [1.82, 2.24) is 20.4 Å². The van der Waals surface area contributed by atoms with Crippen LogP contribution >= 0.6 is 0 Å². The van der Waals surface area contributed by atoms with E-state index >= 15 is 0 Å². The van der Waals surface area contributed by atoms with Crippen LogP contribution in [0.2, 0.25) is 0 Å². The Morgan fingerprint density at radius 1 is 1.26 bits per heavy atom. The minimum absolute atomic E-state index is 0.179. The fourth-order valence-corrected chi connectivity index (χ4v) is 3.33. The van der Waals surface area contributed by atoms with Crippen molar-refractivity contribution in [2.75, 3.05) is 19.6 Å². The zero-order chi connectivity index (χ0) is 19.3. The van der Waals surface area contributed by atoms with Crippen LogP contribution in [0.1, 0.15) is 18.4 Å². The summed E-state index contributed by atoms with van der Waals surface area (Å²) in [6.07, 6.45) is 0.0474. The molecule has 0 saturated carbocycles. The average molecular weight is 382 g/mol. The molecule has 0 atom stereocenters. The summed E-state index contributed by atoms with van der Waals surface area (Å²) in [6, 6.07) is 7.70. The smallest absolute Gasteiger partial charge is 0.406 e. The van der Waals surface area contributed by atoms with Gasteiger partial charge < -0.3 is 15.4 Å². The number of piperidine rings is 1. The molecule has 1 amide bonds. The summed E-state index contributed by atoms with van der Waals surface area (Å²) in [7, 11) is 0. The molecule has 1 aliphatic rings. The second-order valence-corrected chi connectivity index (χ2v) is 6.39. The molecule has 0 aliphatic carbocycles. The molecule has 2 aromatic rings. The van der Waals surface area contributed by atoms with Crippen LogP contribution in [0.4, 0.5) is 13.2 Å². The number of nitrogens with zero attached hydrogens (tertiary/aromatic N) is 2. The Balaban J connectivity index is 1.66. The summed E-state index contributed by atoms with van der Waals surface area (Å²) < 4.78 is 43.3. The number of carbonyl (C=O) groups is 1. The topological polar surface area (TPSA) is 68.2 Å². The largest absolute Gasteiger partial charge is 0.573 e. The lowest BCUT2D eigenvalue weighted by atomic mass is 9.87. The number of para-hydroxylation sites is 1. The van der Waals surface area contributed by atoms with Gasteiger partial charge in [0.2, 0.25) is 5.91 Å². The molecule has 1 saturated heterocycles. The molecule has 1 aromatic carbocycles. The maximum Gasteiger partial charge on any atom is 0.573 e. The summed E-state index contributed by atoms with van der Waals surface area (Å²) in [5.41, 5.74) is -0.398. The fourth-order valence-electron chi connectivity index (χ4n) is 3.33. The molecule has 9 heteroatoms. The van der Waals surface area contributed by atoms with Gasteiger partial charge in [0.1, 0.15) is 11.3 Å². The predicted octanol–water partition coefficient (Wildman–Crippen LogP) is 2.22. The van der Waals surface area contributed by atoms with Gasteiger partial charge in [-0.05, 0) is 50.0 Å². The Morgan fingerprint density at radius 2 is 2.00 bits per heavy atom. The molecule has 1 aromatic heterocycles. The molecule has 146 valence electrons. The monoisotopic (exact) mass is 382 g/mol. The molecule has 2 N–H and O–H groups in total. The Morgan fingerprint density at radius 3 is 2.67 bits per heavy atom. The van der Waals surface area contributed by atoms with Gasteiger partial charge >= 0.3 is 6.36 Å². The van der Waals surface area contributed by atoms with Crippen molar-refractivity contribution in [3.05, 3.63) is 48.3 Å². The van der Waals surface area contributed by atoms with Gasteiger partial charge in [-0.15, -0.1) is 13.2 Å². The highest BCUT2D eigenvalue weighted by molar-refractivity contribution is 5.84. The first-order valence-electron chi connectivity index (χ1n) is 8.73. The highest BCUT2D eigenvalue weighted by Crippen LogP contribution is 2.28. The van der Waals surface area contributed by atoms with Gasteiger partial charge in [0, 0.05) is 18.9 Å². The van der Waals surface area contributed by atoms with Crippen LogP contribution in [0.15, 0.2) is 42.7 Å². The predicted molar refractivity (Wildman–Crippen MR) is 92.1 cm³/mol. The summed E-state index contributed by atoms with van der Waals surface area (Å²) >= 11 is 0. The van der Waals surface area contributed by atoms with Crippen molar-refractivity contribution < 1.29 is 22.7 Å². The van der Waals surface area contributed by atoms with E-state index in [0.717, 1.165) is 0 Å². The molecular weight excluding hydrogens is 361 g/mol. The van der Waals surface area contributed by atoms with E-state index in [-0.39, 0.29) is 24.6 Å². The van der Waals surface area contributed by atoms with Crippen LogP contribution in [-0.2, 0) is 16.8 Å². The Labute approximate surface area is 154 Å². The quantitative estimate of drug-likeness (QED) is 0.804. The van der Waals surface area contributed by atoms with Crippen molar-refractivity contribution in [3.63, 3.8) is 0 Å². The maximum absolute atomic E-state index is 12.9. The lowest BCUT2D eigenvalue weighted by Gasteiger charge is -2.36. The molecule has 1 aliphatic heterocycles. The van der Waals surface area contributed by atoms with Crippen molar-refractivity contribution in [3.8, 4) is 5.75 Å². The number of halogens is 3. The second kappa shape index (κ2) is 7.99. The average Bonchev–Trinajstić information content (AvgIpc) is 3.17. The van der Waals surface area contributed by atoms with Crippen molar-refractivity contribution in [2.45, 2.75) is 31.2 Å². The molecule has 0 spiro atoms. The van der Waals surface area contributed by atoms with Crippen molar-refractivity contribution in [1.29, 1.82) is 0 Å². The number of hydrogen-bond acceptors (Lipinski definition) is 4. The third kappa shape index (κ3) is 4.60. The zero-order valence-electron chi connectivity index (χ0n) is 14.6. The molecule has 3 rings (SSSR count). The van der Waals surface area contributed by atoms with Gasteiger partial charge in [-0.1, -0.05) is 18.2 Å². The number of hydrogen-bond donors (Lipinski definition) is 2. The third-order valence-corrected chi connectivity index (χ3v) is 4.67. The van der Waals surface area contributed by atoms with Crippen LogP contribution in [0.3, 0.4) is 0 Å². The number of ether oxygens (including phenoxy) is 1. The number of rotatable bonds is 6. The van der Waals surface area contributed by atoms with Gasteiger partial charge in [0.25, 0.3) is 0 Å². The lowest BCUT2D eigenvalue weighted by molar-refractivity contribution is -0.274. The summed E-state index contributed by atoms with van der Waals surface area (Å²) in [5.74, 6) is -0.426. The summed E-state index contributed by atoms with van der Waals surface area (Å²) in [5, 5.41) is 10.3. The number of aromatic nitrogens is 2. The van der Waals surface area contributed by atoms with Gasteiger partial charge in [0.05, 0.1) is 0 Å². The second-order valence-electron chi connectivity index (χ2n) is 6.39. The van der Waals surface area contributed by atoms with Crippen molar-refractivity contribution >= 4 is 5.91 Å². The Bertz CT molecular complexity index is 756. The fraction of sp³-hybridized carbons (Fsp3) is 0.444. The Kier molecular flexibility index (Phi) is 5.69. The summed E-state index contributed by atoms with van der Waals surface area (Å²) in [6.45, 7) is 1.58. The first-order valence-corrected chi connectivity index (χ1v) is 8.73. The molecular formula is C18H21F3N4O2. The SMILES string of the molecule is O=C(NCCc1ccccc1OC(F)(F)F)C1(n2cccn2)CCNCC1. The van der Waals surface area contributed by atoms with Gasteiger partial charge in [-0.3, -0.25) is 9.48 Å². The molecule has 0 radical (unpaired) electrons. The number of alkyl halides is 3.